The first kappa shape index (κ1) is 15.8. The second-order valence-corrected chi connectivity index (χ2v) is 6.35. The van der Waals surface area contributed by atoms with E-state index in [0.717, 1.165) is 24.8 Å². The molecule has 2 fully saturated rings. The molecule has 0 spiro atoms. The zero-order chi connectivity index (χ0) is 16.3. The van der Waals surface area contributed by atoms with Gasteiger partial charge in [0.15, 0.2) is 0 Å². The highest BCUT2D eigenvalue weighted by molar-refractivity contribution is 5.80. The van der Waals surface area contributed by atoms with E-state index < -0.39 is 0 Å². The summed E-state index contributed by atoms with van der Waals surface area (Å²) in [4.78, 5) is 26.1. The van der Waals surface area contributed by atoms with Crippen molar-refractivity contribution in [2.75, 3.05) is 19.7 Å². The van der Waals surface area contributed by atoms with Crippen molar-refractivity contribution >= 4 is 12.1 Å². The lowest BCUT2D eigenvalue weighted by atomic mass is 9.88. The Kier molecular flexibility index (Phi) is 4.55. The molecule has 1 aromatic rings. The lowest BCUT2D eigenvalue weighted by Gasteiger charge is -2.21. The predicted octanol–water partition coefficient (Wildman–Crippen LogP) is 2.99. The molecule has 1 aromatic carbocycles. The molecule has 1 aliphatic carbocycles. The summed E-state index contributed by atoms with van der Waals surface area (Å²) < 4.78 is 10.6. The normalized spacial score (nSPS) is 21.8. The van der Waals surface area contributed by atoms with Gasteiger partial charge >= 0.3 is 12.1 Å². The maximum absolute atomic E-state index is 12.2. The Balaban J connectivity index is 1.51. The maximum atomic E-state index is 12.2. The van der Waals surface area contributed by atoms with Crippen molar-refractivity contribution in [3.05, 3.63) is 35.9 Å². The minimum absolute atomic E-state index is 0.0931. The van der Waals surface area contributed by atoms with E-state index in [-0.39, 0.29) is 30.0 Å². The Morgan fingerprint density at radius 2 is 1.96 bits per heavy atom. The topological polar surface area (TPSA) is 55.8 Å². The SMILES string of the molecule is CCOC(=O)C1(C2CCN(C(=O)OCc3ccccc3)C2)CC1. The van der Waals surface area contributed by atoms with E-state index in [0.29, 0.717) is 19.7 Å². The number of carbonyl (C=O) groups excluding carboxylic acids is 2. The molecule has 1 atom stereocenters. The van der Waals surface area contributed by atoms with Crippen LogP contribution in [-0.4, -0.2) is 36.7 Å². The molecule has 0 radical (unpaired) electrons. The first-order valence-corrected chi connectivity index (χ1v) is 8.28. The Hall–Kier alpha value is -2.04. The Labute approximate surface area is 136 Å². The third kappa shape index (κ3) is 3.33. The molecule has 0 aromatic heterocycles. The molecule has 2 aliphatic rings. The van der Waals surface area contributed by atoms with Gasteiger partial charge in [0.1, 0.15) is 6.61 Å². The van der Waals surface area contributed by atoms with Gasteiger partial charge in [0.2, 0.25) is 0 Å². The van der Waals surface area contributed by atoms with E-state index in [1.165, 1.54) is 0 Å². The van der Waals surface area contributed by atoms with Crippen LogP contribution >= 0.6 is 0 Å². The number of carbonyl (C=O) groups is 2. The average Bonchev–Trinajstić information content (AvgIpc) is 3.24. The molecule has 124 valence electrons. The highest BCUT2D eigenvalue weighted by Crippen LogP contribution is 2.55. The summed E-state index contributed by atoms with van der Waals surface area (Å²) in [5.41, 5.74) is 0.631. The molecule has 5 nitrogen and oxygen atoms in total. The molecule has 0 N–H and O–H groups in total. The van der Waals surface area contributed by atoms with Crippen LogP contribution in [0, 0.1) is 11.3 Å². The fraction of sp³-hybridized carbons (Fsp3) is 0.556. The van der Waals surface area contributed by atoms with Gasteiger partial charge in [-0.2, -0.15) is 0 Å². The van der Waals surface area contributed by atoms with Crippen LogP contribution in [-0.2, 0) is 20.9 Å². The minimum atomic E-state index is -0.343. The quantitative estimate of drug-likeness (QED) is 0.783. The van der Waals surface area contributed by atoms with Crippen LogP contribution in [0.25, 0.3) is 0 Å². The molecule has 1 heterocycles. The Bertz CT molecular complexity index is 568. The van der Waals surface area contributed by atoms with Gasteiger partial charge in [-0.15, -0.1) is 0 Å². The summed E-state index contributed by atoms with van der Waals surface area (Å²) in [5, 5.41) is 0. The number of hydrogen-bond donors (Lipinski definition) is 0. The number of benzene rings is 1. The molecule has 1 saturated heterocycles. The van der Waals surface area contributed by atoms with E-state index in [1.54, 1.807) is 4.90 Å². The molecule has 1 unspecified atom stereocenters. The molecular formula is C18H23NO4. The van der Waals surface area contributed by atoms with E-state index >= 15 is 0 Å². The predicted molar refractivity (Wildman–Crippen MR) is 84.6 cm³/mol. The van der Waals surface area contributed by atoms with Gasteiger partial charge in [0.25, 0.3) is 0 Å². The molecule has 23 heavy (non-hydrogen) atoms. The number of rotatable bonds is 5. The van der Waals surface area contributed by atoms with E-state index in [4.69, 9.17) is 9.47 Å². The van der Waals surface area contributed by atoms with Crippen molar-refractivity contribution in [2.24, 2.45) is 11.3 Å². The van der Waals surface area contributed by atoms with Crippen molar-refractivity contribution in [3.63, 3.8) is 0 Å². The molecular weight excluding hydrogens is 294 g/mol. The summed E-state index contributed by atoms with van der Waals surface area (Å²) >= 11 is 0. The standard InChI is InChI=1S/C18H23NO4/c1-2-22-16(20)18(9-10-18)15-8-11-19(12-15)17(21)23-13-14-6-4-3-5-7-14/h3-7,15H,2,8-13H2,1H3. The summed E-state index contributed by atoms with van der Waals surface area (Å²) in [6, 6.07) is 9.64. The van der Waals surface area contributed by atoms with Gasteiger partial charge in [-0.3, -0.25) is 4.79 Å². The van der Waals surface area contributed by atoms with Gasteiger partial charge in [0.05, 0.1) is 12.0 Å². The number of amides is 1. The fourth-order valence-electron chi connectivity index (χ4n) is 3.38. The summed E-state index contributed by atoms with van der Waals surface area (Å²) in [5.74, 6) is 0.107. The summed E-state index contributed by atoms with van der Waals surface area (Å²) in [6.45, 7) is 3.77. The molecule has 3 rings (SSSR count). The minimum Gasteiger partial charge on any atom is -0.466 e. The van der Waals surface area contributed by atoms with E-state index in [2.05, 4.69) is 0 Å². The van der Waals surface area contributed by atoms with E-state index in [1.807, 2.05) is 37.3 Å². The van der Waals surface area contributed by atoms with E-state index in [9.17, 15) is 9.59 Å². The lowest BCUT2D eigenvalue weighted by molar-refractivity contribution is -0.151. The number of likely N-dealkylation sites (tertiary alicyclic amines) is 1. The van der Waals surface area contributed by atoms with Crippen molar-refractivity contribution in [2.45, 2.75) is 32.8 Å². The smallest absolute Gasteiger partial charge is 0.410 e. The van der Waals surface area contributed by atoms with Crippen molar-refractivity contribution in [1.29, 1.82) is 0 Å². The van der Waals surface area contributed by atoms with Crippen molar-refractivity contribution in [1.82, 2.24) is 4.90 Å². The van der Waals surface area contributed by atoms with Gasteiger partial charge in [0, 0.05) is 13.1 Å². The summed E-state index contributed by atoms with van der Waals surface area (Å²) in [7, 11) is 0. The lowest BCUT2D eigenvalue weighted by Crippen LogP contribution is -2.33. The van der Waals surface area contributed by atoms with Crippen LogP contribution in [0.1, 0.15) is 31.7 Å². The molecule has 5 heteroatoms. The van der Waals surface area contributed by atoms with Crippen LogP contribution < -0.4 is 0 Å². The number of ether oxygens (including phenoxy) is 2. The molecule has 1 saturated carbocycles. The number of hydrogen-bond acceptors (Lipinski definition) is 4. The van der Waals surface area contributed by atoms with Crippen molar-refractivity contribution < 1.29 is 19.1 Å². The van der Waals surface area contributed by atoms with Crippen molar-refractivity contribution in [3.8, 4) is 0 Å². The third-order valence-electron chi connectivity index (χ3n) is 4.90. The van der Waals surface area contributed by atoms with Crippen LogP contribution in [0.15, 0.2) is 30.3 Å². The zero-order valence-electron chi connectivity index (χ0n) is 13.5. The molecule has 1 aliphatic heterocycles. The van der Waals surface area contributed by atoms with Crippen LogP contribution in [0.2, 0.25) is 0 Å². The summed E-state index contributed by atoms with van der Waals surface area (Å²) in [6.07, 6.45) is 2.31. The fourth-order valence-corrected chi connectivity index (χ4v) is 3.38. The van der Waals surface area contributed by atoms with Gasteiger partial charge in [-0.05, 0) is 37.7 Å². The zero-order valence-corrected chi connectivity index (χ0v) is 13.5. The average molecular weight is 317 g/mol. The second kappa shape index (κ2) is 6.60. The highest BCUT2D eigenvalue weighted by atomic mass is 16.6. The van der Waals surface area contributed by atoms with Crippen LogP contribution in [0.3, 0.4) is 0 Å². The monoisotopic (exact) mass is 317 g/mol. The Morgan fingerprint density at radius 1 is 1.22 bits per heavy atom. The number of esters is 1. The number of nitrogens with zero attached hydrogens (tertiary/aromatic N) is 1. The molecule has 1 amide bonds. The van der Waals surface area contributed by atoms with Gasteiger partial charge < -0.3 is 14.4 Å². The van der Waals surface area contributed by atoms with Crippen LogP contribution in [0.4, 0.5) is 4.79 Å². The second-order valence-electron chi connectivity index (χ2n) is 6.35. The maximum Gasteiger partial charge on any atom is 0.410 e. The Morgan fingerprint density at radius 3 is 2.61 bits per heavy atom. The van der Waals surface area contributed by atoms with Gasteiger partial charge in [-0.25, -0.2) is 4.79 Å². The van der Waals surface area contributed by atoms with Gasteiger partial charge in [-0.1, -0.05) is 30.3 Å². The molecule has 0 bridgehead atoms. The largest absolute Gasteiger partial charge is 0.466 e. The first-order chi connectivity index (χ1) is 11.2. The van der Waals surface area contributed by atoms with Crippen LogP contribution in [0.5, 0.6) is 0 Å². The first-order valence-electron chi connectivity index (χ1n) is 8.28. The highest BCUT2D eigenvalue weighted by Gasteiger charge is 2.58. The third-order valence-corrected chi connectivity index (χ3v) is 4.90.